The number of rotatable bonds is 8. The van der Waals surface area contributed by atoms with Gasteiger partial charge in [0, 0.05) is 12.3 Å². The molecule has 2 atom stereocenters. The number of carbonyl (C=O) groups excluding carboxylic acids is 2. The van der Waals surface area contributed by atoms with E-state index in [0.717, 1.165) is 22.3 Å². The van der Waals surface area contributed by atoms with E-state index in [2.05, 4.69) is 5.32 Å². The molecule has 0 saturated heterocycles. The highest BCUT2D eigenvalue weighted by Gasteiger charge is 2.41. The summed E-state index contributed by atoms with van der Waals surface area (Å²) in [5.74, 6) is -2.49. The predicted molar refractivity (Wildman–Crippen MR) is 113 cm³/mol. The highest BCUT2D eigenvalue weighted by molar-refractivity contribution is 5.83. The number of alkyl carbamates (subject to hydrolysis) is 1. The van der Waals surface area contributed by atoms with Gasteiger partial charge in [0.1, 0.15) is 18.7 Å². The summed E-state index contributed by atoms with van der Waals surface area (Å²) in [6.07, 6.45) is -7.44. The fraction of sp³-hybridized carbons (Fsp3) is 0.348. The summed E-state index contributed by atoms with van der Waals surface area (Å²) < 4.78 is 45.2. The third-order valence-corrected chi connectivity index (χ3v) is 5.44. The molecule has 2 amide bonds. The Morgan fingerprint density at radius 3 is 2.06 bits per heavy atom. The first-order valence-electron chi connectivity index (χ1n) is 10.3. The van der Waals surface area contributed by atoms with Crippen LogP contribution in [0.3, 0.4) is 0 Å². The summed E-state index contributed by atoms with van der Waals surface area (Å²) in [6, 6.07) is 11.5. The number of carboxylic acids is 1. The molecule has 176 valence electrons. The zero-order chi connectivity index (χ0) is 24.2. The molecule has 0 unspecified atom stereocenters. The van der Waals surface area contributed by atoms with Crippen molar-refractivity contribution in [1.82, 2.24) is 10.6 Å². The van der Waals surface area contributed by atoms with E-state index >= 15 is 0 Å². The van der Waals surface area contributed by atoms with Crippen molar-refractivity contribution < 1.29 is 37.4 Å². The van der Waals surface area contributed by atoms with Crippen molar-refractivity contribution in [1.29, 1.82) is 0 Å². The van der Waals surface area contributed by atoms with Crippen molar-refractivity contribution in [3.63, 3.8) is 0 Å². The van der Waals surface area contributed by atoms with Gasteiger partial charge in [-0.15, -0.1) is 0 Å². The second-order valence-corrected chi connectivity index (χ2v) is 7.73. The number of ether oxygens (including phenoxy) is 1. The lowest BCUT2D eigenvalue weighted by atomic mass is 9.98. The Hall–Kier alpha value is -3.56. The lowest BCUT2D eigenvalue weighted by Gasteiger charge is -2.22. The fourth-order valence-electron chi connectivity index (χ4n) is 3.75. The molecule has 3 N–H and O–H groups in total. The quantitative estimate of drug-likeness (QED) is 0.551. The number of amides is 2. The second kappa shape index (κ2) is 9.93. The van der Waals surface area contributed by atoms with E-state index in [4.69, 9.17) is 9.84 Å². The molecule has 10 heteroatoms. The third kappa shape index (κ3) is 5.82. The fourth-order valence-corrected chi connectivity index (χ4v) is 3.75. The van der Waals surface area contributed by atoms with Crippen molar-refractivity contribution in [2.24, 2.45) is 0 Å². The number of alkyl halides is 3. The highest BCUT2D eigenvalue weighted by atomic mass is 19.4. The van der Waals surface area contributed by atoms with Crippen LogP contribution in [0.1, 0.15) is 36.8 Å². The molecule has 0 radical (unpaired) electrons. The summed E-state index contributed by atoms with van der Waals surface area (Å²) in [5.41, 5.74) is 3.81. The van der Waals surface area contributed by atoms with Crippen molar-refractivity contribution >= 4 is 18.0 Å². The summed E-state index contributed by atoms with van der Waals surface area (Å²) in [5, 5.41) is 12.6. The number of carbonyl (C=O) groups is 3. The standard InChI is InChI=1S/C23H23F3N2O5/c1-13(21(30)31)27-20(29)11-10-19(23(24,25)26)28-22(32)33-12-18-16-8-4-2-6-14(16)15-7-3-5-9-17(15)18/h2-9,13,18-19H,10-12H2,1H3,(H,27,29)(H,28,32)(H,30,31)/t13-,19+/m1/s1. The van der Waals surface area contributed by atoms with E-state index in [0.29, 0.717) is 0 Å². The maximum Gasteiger partial charge on any atom is 0.408 e. The molecule has 0 aliphatic heterocycles. The first kappa shape index (κ1) is 24.1. The number of hydrogen-bond acceptors (Lipinski definition) is 4. The van der Waals surface area contributed by atoms with Crippen LogP contribution in [-0.2, 0) is 14.3 Å². The van der Waals surface area contributed by atoms with Gasteiger partial charge in [0.05, 0.1) is 0 Å². The summed E-state index contributed by atoms with van der Waals surface area (Å²) in [6.45, 7) is 1.04. The molecule has 0 heterocycles. The minimum absolute atomic E-state index is 0.152. The zero-order valence-electron chi connectivity index (χ0n) is 17.7. The molecular formula is C23H23F3N2O5. The first-order chi connectivity index (χ1) is 15.6. The van der Waals surface area contributed by atoms with E-state index in [1.807, 2.05) is 48.5 Å². The van der Waals surface area contributed by atoms with Gasteiger partial charge in [-0.1, -0.05) is 48.5 Å². The normalized spacial score (nSPS) is 14.5. The predicted octanol–water partition coefficient (Wildman–Crippen LogP) is 3.83. The molecule has 1 aliphatic carbocycles. The highest BCUT2D eigenvalue weighted by Crippen LogP contribution is 2.44. The molecule has 2 aromatic rings. The van der Waals surface area contributed by atoms with E-state index in [1.54, 1.807) is 5.32 Å². The number of nitrogens with one attached hydrogen (secondary N) is 2. The number of benzene rings is 2. The topological polar surface area (TPSA) is 105 Å². The van der Waals surface area contributed by atoms with Crippen LogP contribution in [0.2, 0.25) is 0 Å². The molecule has 0 aromatic heterocycles. The smallest absolute Gasteiger partial charge is 0.408 e. The molecule has 3 rings (SSSR count). The first-order valence-corrected chi connectivity index (χ1v) is 10.3. The van der Waals surface area contributed by atoms with Crippen LogP contribution >= 0.6 is 0 Å². The molecular weight excluding hydrogens is 441 g/mol. The molecule has 2 aromatic carbocycles. The van der Waals surface area contributed by atoms with Crippen molar-refractivity contribution in [3.8, 4) is 11.1 Å². The summed E-state index contributed by atoms with van der Waals surface area (Å²) >= 11 is 0. The molecule has 33 heavy (non-hydrogen) atoms. The SMILES string of the molecule is C[C@@H](NC(=O)CC[C@H](NC(=O)OCC1c2ccccc2-c2ccccc21)C(F)(F)F)C(=O)O. The number of aliphatic carboxylic acids is 1. The Morgan fingerprint density at radius 2 is 1.55 bits per heavy atom. The van der Waals surface area contributed by atoms with Crippen LogP contribution in [0.25, 0.3) is 11.1 Å². The Labute approximate surface area is 187 Å². The monoisotopic (exact) mass is 464 g/mol. The van der Waals surface area contributed by atoms with Crippen LogP contribution in [0, 0.1) is 0 Å². The van der Waals surface area contributed by atoms with Crippen LogP contribution in [-0.4, -0.2) is 47.9 Å². The number of fused-ring (bicyclic) bond motifs is 3. The van der Waals surface area contributed by atoms with E-state index in [1.165, 1.54) is 6.92 Å². The molecule has 0 fully saturated rings. The van der Waals surface area contributed by atoms with Gasteiger partial charge in [-0.25, -0.2) is 4.79 Å². The Morgan fingerprint density at radius 1 is 1.00 bits per heavy atom. The van der Waals surface area contributed by atoms with Gasteiger partial charge in [0.2, 0.25) is 5.91 Å². The van der Waals surface area contributed by atoms with Crippen molar-refractivity contribution in [2.45, 2.75) is 43.9 Å². The van der Waals surface area contributed by atoms with Crippen LogP contribution in [0.5, 0.6) is 0 Å². The van der Waals surface area contributed by atoms with Crippen LogP contribution in [0.15, 0.2) is 48.5 Å². The largest absolute Gasteiger partial charge is 0.480 e. The molecule has 7 nitrogen and oxygen atoms in total. The average Bonchev–Trinajstić information content (AvgIpc) is 3.08. The lowest BCUT2D eigenvalue weighted by Crippen LogP contribution is -2.47. The lowest BCUT2D eigenvalue weighted by molar-refractivity contribution is -0.157. The van der Waals surface area contributed by atoms with E-state index < -0.39 is 49.1 Å². The second-order valence-electron chi connectivity index (χ2n) is 7.73. The van der Waals surface area contributed by atoms with Gasteiger partial charge in [-0.2, -0.15) is 13.2 Å². The maximum absolute atomic E-state index is 13.4. The molecule has 0 spiro atoms. The van der Waals surface area contributed by atoms with Gasteiger partial charge < -0.3 is 20.5 Å². The number of hydrogen-bond donors (Lipinski definition) is 3. The Balaban J connectivity index is 1.60. The van der Waals surface area contributed by atoms with Crippen LogP contribution in [0.4, 0.5) is 18.0 Å². The van der Waals surface area contributed by atoms with Crippen LogP contribution < -0.4 is 10.6 Å². The summed E-state index contributed by atoms with van der Waals surface area (Å²) in [4.78, 5) is 34.6. The Bertz CT molecular complexity index is 995. The van der Waals surface area contributed by atoms with E-state index in [-0.39, 0.29) is 12.5 Å². The molecule has 1 aliphatic rings. The molecule has 0 bridgehead atoms. The molecule has 0 saturated carbocycles. The minimum atomic E-state index is -4.82. The van der Waals surface area contributed by atoms with Gasteiger partial charge in [0.25, 0.3) is 0 Å². The van der Waals surface area contributed by atoms with Gasteiger partial charge in [-0.3, -0.25) is 9.59 Å². The van der Waals surface area contributed by atoms with Crippen molar-refractivity contribution in [3.05, 3.63) is 59.7 Å². The van der Waals surface area contributed by atoms with Gasteiger partial charge in [0.15, 0.2) is 0 Å². The maximum atomic E-state index is 13.4. The van der Waals surface area contributed by atoms with E-state index in [9.17, 15) is 27.6 Å². The third-order valence-electron chi connectivity index (χ3n) is 5.44. The minimum Gasteiger partial charge on any atom is -0.480 e. The zero-order valence-corrected chi connectivity index (χ0v) is 17.7. The van der Waals surface area contributed by atoms with Crippen molar-refractivity contribution in [2.75, 3.05) is 6.61 Å². The Kier molecular flexibility index (Phi) is 7.25. The average molecular weight is 464 g/mol. The number of carboxylic acid groups (broad SMARTS) is 1. The summed E-state index contributed by atoms with van der Waals surface area (Å²) in [7, 11) is 0. The van der Waals surface area contributed by atoms with Gasteiger partial charge in [-0.05, 0) is 35.6 Å². The number of halogens is 3. The van der Waals surface area contributed by atoms with Gasteiger partial charge >= 0.3 is 18.2 Å².